The Morgan fingerprint density at radius 2 is 1.62 bits per heavy atom. The number of anilines is 1. The molecule has 2 aromatic carbocycles. The third-order valence-corrected chi connectivity index (χ3v) is 4.83. The summed E-state index contributed by atoms with van der Waals surface area (Å²) in [4.78, 5) is 14.3. The van der Waals surface area contributed by atoms with E-state index in [1.54, 1.807) is 0 Å². The van der Waals surface area contributed by atoms with Crippen molar-refractivity contribution >= 4 is 23.2 Å². The number of amides is 1. The molecule has 26 heavy (non-hydrogen) atoms. The summed E-state index contributed by atoms with van der Waals surface area (Å²) < 4.78 is 5.78. The van der Waals surface area contributed by atoms with Crippen molar-refractivity contribution in [3.05, 3.63) is 59.1 Å². The van der Waals surface area contributed by atoms with Crippen LogP contribution in [0.15, 0.2) is 48.5 Å². The van der Waals surface area contributed by atoms with Crippen LogP contribution in [0.3, 0.4) is 0 Å². The van der Waals surface area contributed by atoms with Gasteiger partial charge in [-0.1, -0.05) is 36.6 Å². The number of hydrogen-bond acceptors (Lipinski definition) is 3. The van der Waals surface area contributed by atoms with E-state index in [-0.39, 0.29) is 5.91 Å². The van der Waals surface area contributed by atoms with Gasteiger partial charge in [0.05, 0.1) is 6.54 Å². The number of benzene rings is 2. The molecule has 0 spiro atoms. The third-order valence-electron chi connectivity index (χ3n) is 4.58. The summed E-state index contributed by atoms with van der Waals surface area (Å²) in [5, 5.41) is 3.93. The Hall–Kier alpha value is -2.20. The minimum absolute atomic E-state index is 0.176. The number of halogens is 1. The molecule has 0 saturated carbocycles. The highest BCUT2D eigenvalue weighted by atomic mass is 35.5. The third kappa shape index (κ3) is 5.67. The van der Waals surface area contributed by atoms with Gasteiger partial charge in [-0.15, -0.1) is 0 Å². The quantitative estimate of drug-likeness (QED) is 0.796. The lowest BCUT2D eigenvalue weighted by atomic mass is 10.2. The van der Waals surface area contributed by atoms with E-state index < -0.39 is 0 Å². The van der Waals surface area contributed by atoms with Gasteiger partial charge in [0, 0.05) is 23.8 Å². The average Bonchev–Trinajstić information content (AvgIpc) is 2.96. The molecule has 0 atom stereocenters. The minimum Gasteiger partial charge on any atom is -0.489 e. The van der Waals surface area contributed by atoms with E-state index in [0.29, 0.717) is 13.2 Å². The van der Waals surface area contributed by atoms with Gasteiger partial charge < -0.3 is 15.0 Å². The molecule has 1 N–H and O–H groups in total. The molecule has 1 heterocycles. The molecule has 0 radical (unpaired) electrons. The topological polar surface area (TPSA) is 41.6 Å². The second-order valence-electron chi connectivity index (χ2n) is 6.59. The van der Waals surface area contributed by atoms with E-state index >= 15 is 0 Å². The standard InChI is InChI=1S/C21H25ClN2O2/c22-18-7-5-17(6-8-18)16-26-20-11-9-19(10-12-20)23-15-21(25)24-13-3-1-2-4-14-24/h5-12,23H,1-4,13-16H2. The molecular formula is C21H25ClN2O2. The number of nitrogens with one attached hydrogen (secondary N) is 1. The largest absolute Gasteiger partial charge is 0.489 e. The lowest BCUT2D eigenvalue weighted by Gasteiger charge is -2.20. The van der Waals surface area contributed by atoms with E-state index in [0.717, 1.165) is 48.0 Å². The molecule has 2 aromatic rings. The highest BCUT2D eigenvalue weighted by molar-refractivity contribution is 6.30. The van der Waals surface area contributed by atoms with Crippen molar-refractivity contribution in [1.82, 2.24) is 4.90 Å². The van der Waals surface area contributed by atoms with Gasteiger partial charge in [-0.3, -0.25) is 4.79 Å². The molecule has 0 aliphatic carbocycles. The Kier molecular flexibility index (Phi) is 6.78. The van der Waals surface area contributed by atoms with E-state index in [2.05, 4.69) is 5.32 Å². The van der Waals surface area contributed by atoms with Crippen LogP contribution in [0, 0.1) is 0 Å². The molecule has 138 valence electrons. The molecule has 1 aliphatic rings. The molecule has 3 rings (SSSR count). The molecule has 0 aromatic heterocycles. The number of nitrogens with zero attached hydrogens (tertiary/aromatic N) is 1. The Morgan fingerprint density at radius 3 is 2.27 bits per heavy atom. The molecule has 4 nitrogen and oxygen atoms in total. The predicted octanol–water partition coefficient (Wildman–Crippen LogP) is 4.73. The summed E-state index contributed by atoms with van der Waals surface area (Å²) in [6.07, 6.45) is 4.69. The zero-order valence-electron chi connectivity index (χ0n) is 14.9. The molecule has 5 heteroatoms. The highest BCUT2D eigenvalue weighted by Gasteiger charge is 2.14. The maximum absolute atomic E-state index is 12.3. The first-order valence-corrected chi connectivity index (χ1v) is 9.57. The van der Waals surface area contributed by atoms with E-state index in [1.807, 2.05) is 53.4 Å². The van der Waals surface area contributed by atoms with Crippen LogP contribution in [0.1, 0.15) is 31.2 Å². The van der Waals surface area contributed by atoms with Crippen LogP contribution in [0.4, 0.5) is 5.69 Å². The van der Waals surface area contributed by atoms with Crippen LogP contribution in [0.25, 0.3) is 0 Å². The van der Waals surface area contributed by atoms with Crippen molar-refractivity contribution in [3.63, 3.8) is 0 Å². The monoisotopic (exact) mass is 372 g/mol. The van der Waals surface area contributed by atoms with Gasteiger partial charge >= 0.3 is 0 Å². The second-order valence-corrected chi connectivity index (χ2v) is 7.02. The number of rotatable bonds is 6. The first kappa shape index (κ1) is 18.6. The van der Waals surface area contributed by atoms with Gasteiger partial charge in [0.15, 0.2) is 0 Å². The number of likely N-dealkylation sites (tertiary alicyclic amines) is 1. The van der Waals surface area contributed by atoms with Gasteiger partial charge in [0.25, 0.3) is 0 Å². The van der Waals surface area contributed by atoms with E-state index in [4.69, 9.17) is 16.3 Å². The molecule has 1 aliphatic heterocycles. The molecule has 1 fully saturated rings. The Balaban J connectivity index is 1.45. The fourth-order valence-electron chi connectivity index (χ4n) is 3.03. The summed E-state index contributed by atoms with van der Waals surface area (Å²) in [5.41, 5.74) is 1.99. The van der Waals surface area contributed by atoms with Crippen LogP contribution < -0.4 is 10.1 Å². The summed E-state index contributed by atoms with van der Waals surface area (Å²) in [5.74, 6) is 0.972. The number of carbonyl (C=O) groups is 1. The molecular weight excluding hydrogens is 348 g/mol. The zero-order valence-corrected chi connectivity index (χ0v) is 15.7. The van der Waals surface area contributed by atoms with Crippen molar-refractivity contribution in [1.29, 1.82) is 0 Å². The van der Waals surface area contributed by atoms with Gasteiger partial charge in [0.1, 0.15) is 12.4 Å². The van der Waals surface area contributed by atoms with Crippen LogP contribution in [-0.2, 0) is 11.4 Å². The first-order valence-electron chi connectivity index (χ1n) is 9.20. The first-order chi connectivity index (χ1) is 12.7. The fraction of sp³-hybridized carbons (Fsp3) is 0.381. The lowest BCUT2D eigenvalue weighted by Crippen LogP contribution is -2.36. The highest BCUT2D eigenvalue weighted by Crippen LogP contribution is 2.18. The van der Waals surface area contributed by atoms with Crippen LogP contribution in [0.5, 0.6) is 5.75 Å². The second kappa shape index (κ2) is 9.48. The van der Waals surface area contributed by atoms with Crippen LogP contribution in [0.2, 0.25) is 5.02 Å². The van der Waals surface area contributed by atoms with Gasteiger partial charge in [-0.2, -0.15) is 0 Å². The number of hydrogen-bond donors (Lipinski definition) is 1. The van der Waals surface area contributed by atoms with Gasteiger partial charge in [0.2, 0.25) is 5.91 Å². The van der Waals surface area contributed by atoms with Crippen molar-refractivity contribution in [2.75, 3.05) is 25.0 Å². The summed E-state index contributed by atoms with van der Waals surface area (Å²) >= 11 is 5.88. The zero-order chi connectivity index (χ0) is 18.2. The van der Waals surface area contributed by atoms with Crippen molar-refractivity contribution in [2.24, 2.45) is 0 Å². The molecule has 0 unspecified atom stereocenters. The van der Waals surface area contributed by atoms with E-state index in [1.165, 1.54) is 12.8 Å². The van der Waals surface area contributed by atoms with Crippen molar-refractivity contribution in [3.8, 4) is 5.75 Å². The predicted molar refractivity (Wildman–Crippen MR) is 106 cm³/mol. The van der Waals surface area contributed by atoms with Crippen LogP contribution >= 0.6 is 11.6 Å². The van der Waals surface area contributed by atoms with Crippen molar-refractivity contribution < 1.29 is 9.53 Å². The SMILES string of the molecule is O=C(CNc1ccc(OCc2ccc(Cl)cc2)cc1)N1CCCCCC1. The Morgan fingerprint density at radius 1 is 0.962 bits per heavy atom. The minimum atomic E-state index is 0.176. The van der Waals surface area contributed by atoms with Gasteiger partial charge in [-0.05, 0) is 54.8 Å². The number of carbonyl (C=O) groups excluding carboxylic acids is 1. The Labute approximate surface area is 160 Å². The molecule has 0 bridgehead atoms. The van der Waals surface area contributed by atoms with Crippen molar-refractivity contribution in [2.45, 2.75) is 32.3 Å². The lowest BCUT2D eigenvalue weighted by molar-refractivity contribution is -0.129. The van der Waals surface area contributed by atoms with E-state index in [9.17, 15) is 4.79 Å². The normalized spacial score (nSPS) is 14.6. The molecule has 1 saturated heterocycles. The fourth-order valence-corrected chi connectivity index (χ4v) is 3.15. The average molecular weight is 373 g/mol. The maximum Gasteiger partial charge on any atom is 0.241 e. The summed E-state index contributed by atoms with van der Waals surface area (Å²) in [6, 6.07) is 15.3. The van der Waals surface area contributed by atoms with Crippen LogP contribution in [-0.4, -0.2) is 30.4 Å². The molecule has 1 amide bonds. The van der Waals surface area contributed by atoms with Gasteiger partial charge in [-0.25, -0.2) is 0 Å². The summed E-state index contributed by atoms with van der Waals surface area (Å²) in [6.45, 7) is 2.61. The summed E-state index contributed by atoms with van der Waals surface area (Å²) in [7, 11) is 0. The maximum atomic E-state index is 12.3. The smallest absolute Gasteiger partial charge is 0.241 e. The Bertz CT molecular complexity index is 693. The number of ether oxygens (including phenoxy) is 1.